The van der Waals surface area contributed by atoms with Gasteiger partial charge in [0.25, 0.3) is 0 Å². The largest absolute Gasteiger partial charge is 0.497 e. The molecule has 2 heterocycles. The number of rotatable bonds is 5. The zero-order valence-electron chi connectivity index (χ0n) is 15.0. The number of halogens is 1. The van der Waals surface area contributed by atoms with Gasteiger partial charge in [-0.15, -0.1) is 0 Å². The van der Waals surface area contributed by atoms with Crippen molar-refractivity contribution in [1.29, 1.82) is 0 Å². The summed E-state index contributed by atoms with van der Waals surface area (Å²) in [6.45, 7) is 2.65. The Morgan fingerprint density at radius 2 is 1.67 bits per heavy atom. The summed E-state index contributed by atoms with van der Waals surface area (Å²) in [5, 5.41) is 5.46. The molecule has 6 heteroatoms. The molecule has 0 aliphatic carbocycles. The number of benzene rings is 2. The van der Waals surface area contributed by atoms with Crippen LogP contribution in [0.15, 0.2) is 65.4 Å². The van der Waals surface area contributed by atoms with E-state index < -0.39 is 0 Å². The van der Waals surface area contributed by atoms with Crippen LogP contribution in [0.25, 0.3) is 11.0 Å². The molecule has 0 saturated carbocycles. The minimum absolute atomic E-state index is 0.604. The Morgan fingerprint density at radius 3 is 2.37 bits per heavy atom. The van der Waals surface area contributed by atoms with E-state index in [1.165, 1.54) is 5.56 Å². The highest BCUT2D eigenvalue weighted by Gasteiger charge is 2.15. The monoisotopic (exact) mass is 423 g/mol. The number of nitrogens with zero attached hydrogens (tertiary/aromatic N) is 3. The lowest BCUT2D eigenvalue weighted by Gasteiger charge is -2.08. The molecule has 2 aromatic heterocycles. The predicted octanol–water partition coefficient (Wildman–Crippen LogP) is 5.35. The van der Waals surface area contributed by atoms with E-state index in [1.807, 2.05) is 66.2 Å². The van der Waals surface area contributed by atoms with Crippen LogP contribution in [-0.4, -0.2) is 21.9 Å². The molecule has 0 atom stereocenters. The van der Waals surface area contributed by atoms with Crippen molar-refractivity contribution in [3.8, 4) is 17.2 Å². The summed E-state index contributed by atoms with van der Waals surface area (Å²) in [6, 6.07) is 17.7. The normalized spacial score (nSPS) is 10.9. The maximum Gasteiger partial charge on any atom is 0.163 e. The van der Waals surface area contributed by atoms with Gasteiger partial charge < -0.3 is 9.47 Å². The summed E-state index contributed by atoms with van der Waals surface area (Å²) < 4.78 is 13.9. The van der Waals surface area contributed by atoms with Crippen molar-refractivity contribution in [2.24, 2.45) is 0 Å². The number of hydrogen-bond acceptors (Lipinski definition) is 4. The van der Waals surface area contributed by atoms with E-state index in [-0.39, 0.29) is 0 Å². The molecule has 2 aromatic carbocycles. The van der Waals surface area contributed by atoms with E-state index in [1.54, 1.807) is 13.3 Å². The number of hydrogen-bond donors (Lipinski definition) is 0. The van der Waals surface area contributed by atoms with Crippen molar-refractivity contribution in [3.05, 3.63) is 76.5 Å². The first-order valence-corrected chi connectivity index (χ1v) is 9.32. The Hall–Kier alpha value is -2.86. The summed E-state index contributed by atoms with van der Waals surface area (Å²) in [5.41, 5.74) is 3.07. The van der Waals surface area contributed by atoms with E-state index in [4.69, 9.17) is 9.47 Å². The first-order valence-electron chi connectivity index (χ1n) is 8.52. The lowest BCUT2D eigenvalue weighted by Crippen LogP contribution is -2.02. The van der Waals surface area contributed by atoms with Gasteiger partial charge in [-0.1, -0.05) is 29.8 Å². The third-order valence-electron chi connectivity index (χ3n) is 4.29. The van der Waals surface area contributed by atoms with Crippen molar-refractivity contribution in [2.75, 3.05) is 7.11 Å². The fourth-order valence-corrected chi connectivity index (χ4v) is 3.42. The van der Waals surface area contributed by atoms with Gasteiger partial charge in [0.05, 0.1) is 19.0 Å². The van der Waals surface area contributed by atoms with Crippen LogP contribution in [0.3, 0.4) is 0 Å². The Morgan fingerprint density at radius 1 is 0.963 bits per heavy atom. The smallest absolute Gasteiger partial charge is 0.163 e. The van der Waals surface area contributed by atoms with E-state index in [9.17, 15) is 0 Å². The molecule has 0 radical (unpaired) electrons. The molecule has 136 valence electrons. The Bertz CT molecular complexity index is 1070. The molecule has 0 aliphatic heterocycles. The molecule has 0 N–H and O–H groups in total. The van der Waals surface area contributed by atoms with Crippen molar-refractivity contribution in [3.63, 3.8) is 0 Å². The molecule has 4 aromatic rings. The molecule has 27 heavy (non-hydrogen) atoms. The third-order valence-corrected chi connectivity index (χ3v) is 4.85. The quantitative estimate of drug-likeness (QED) is 0.433. The minimum Gasteiger partial charge on any atom is -0.497 e. The van der Waals surface area contributed by atoms with Crippen molar-refractivity contribution < 1.29 is 9.47 Å². The number of methoxy groups -OCH3 is 1. The van der Waals surface area contributed by atoms with Crippen LogP contribution in [0, 0.1) is 6.92 Å². The number of aromatic nitrogens is 3. The number of fused-ring (bicyclic) bond motifs is 1. The van der Waals surface area contributed by atoms with Crippen LogP contribution in [0.2, 0.25) is 0 Å². The van der Waals surface area contributed by atoms with Gasteiger partial charge in [0, 0.05) is 12.3 Å². The summed E-state index contributed by atoms with van der Waals surface area (Å²) in [7, 11) is 1.66. The zero-order chi connectivity index (χ0) is 18.8. The minimum atomic E-state index is 0.604. The topological polar surface area (TPSA) is 49.2 Å². The molecule has 0 bridgehead atoms. The molecule has 0 spiro atoms. The van der Waals surface area contributed by atoms with E-state index in [0.29, 0.717) is 11.1 Å². The van der Waals surface area contributed by atoms with Gasteiger partial charge in [-0.2, -0.15) is 5.10 Å². The van der Waals surface area contributed by atoms with Crippen LogP contribution in [0.4, 0.5) is 0 Å². The fourth-order valence-electron chi connectivity index (χ4n) is 2.86. The van der Waals surface area contributed by atoms with Crippen LogP contribution in [0.1, 0.15) is 11.1 Å². The lowest BCUT2D eigenvalue weighted by molar-refractivity contribution is 0.414. The second kappa shape index (κ2) is 7.40. The first kappa shape index (κ1) is 17.5. The zero-order valence-corrected chi connectivity index (χ0v) is 16.6. The summed E-state index contributed by atoms with van der Waals surface area (Å²) in [5.74, 6) is 2.33. The van der Waals surface area contributed by atoms with Crippen LogP contribution in [-0.2, 0) is 6.54 Å². The van der Waals surface area contributed by atoms with Gasteiger partial charge in [-0.05, 0) is 52.7 Å². The number of ether oxygens (including phenoxy) is 2. The third kappa shape index (κ3) is 3.66. The van der Waals surface area contributed by atoms with Gasteiger partial charge in [0.2, 0.25) is 0 Å². The van der Waals surface area contributed by atoms with Gasteiger partial charge in [0.1, 0.15) is 21.9 Å². The summed E-state index contributed by atoms with van der Waals surface area (Å²) >= 11 is 3.56. The molecule has 0 fully saturated rings. The standard InChI is InChI=1S/C21H18BrN3O2/c1-14-3-7-17(8-4-14)27-18-11-12-23-21-19(18)20(22)24-25(21)13-15-5-9-16(26-2)10-6-15/h3-12H,13H2,1-2H3. The van der Waals surface area contributed by atoms with Gasteiger partial charge >= 0.3 is 0 Å². The molecular formula is C21H18BrN3O2. The average molecular weight is 424 g/mol. The molecular weight excluding hydrogens is 406 g/mol. The molecule has 0 saturated heterocycles. The Balaban J connectivity index is 1.68. The maximum atomic E-state index is 6.08. The molecule has 0 unspecified atom stereocenters. The van der Waals surface area contributed by atoms with Gasteiger partial charge in [-0.3, -0.25) is 0 Å². The lowest BCUT2D eigenvalue weighted by atomic mass is 10.2. The fraction of sp³-hybridized carbons (Fsp3) is 0.143. The van der Waals surface area contributed by atoms with Gasteiger partial charge in [0.15, 0.2) is 5.65 Å². The van der Waals surface area contributed by atoms with Gasteiger partial charge in [-0.25, -0.2) is 9.67 Å². The second-order valence-corrected chi connectivity index (χ2v) is 6.97. The highest BCUT2D eigenvalue weighted by molar-refractivity contribution is 9.10. The van der Waals surface area contributed by atoms with Crippen LogP contribution >= 0.6 is 15.9 Å². The number of aryl methyl sites for hydroxylation is 1. The molecule has 4 rings (SSSR count). The summed E-state index contributed by atoms with van der Waals surface area (Å²) in [4.78, 5) is 4.51. The van der Waals surface area contributed by atoms with E-state index in [2.05, 4.69) is 26.0 Å². The molecule has 0 amide bonds. The Kier molecular flexibility index (Phi) is 4.81. The first-order chi connectivity index (χ1) is 13.1. The van der Waals surface area contributed by atoms with Crippen molar-refractivity contribution in [1.82, 2.24) is 14.8 Å². The van der Waals surface area contributed by atoms with Crippen molar-refractivity contribution >= 4 is 27.0 Å². The van der Waals surface area contributed by atoms with E-state index in [0.717, 1.165) is 33.8 Å². The van der Waals surface area contributed by atoms with E-state index >= 15 is 0 Å². The predicted molar refractivity (Wildman–Crippen MR) is 109 cm³/mol. The highest BCUT2D eigenvalue weighted by Crippen LogP contribution is 2.34. The van der Waals surface area contributed by atoms with Crippen molar-refractivity contribution in [2.45, 2.75) is 13.5 Å². The number of pyridine rings is 1. The molecule has 0 aliphatic rings. The van der Waals surface area contributed by atoms with Crippen LogP contribution < -0.4 is 9.47 Å². The molecule has 5 nitrogen and oxygen atoms in total. The SMILES string of the molecule is COc1ccc(Cn2nc(Br)c3c(Oc4ccc(C)cc4)ccnc32)cc1. The summed E-state index contributed by atoms with van der Waals surface area (Å²) in [6.07, 6.45) is 1.74. The highest BCUT2D eigenvalue weighted by atomic mass is 79.9. The second-order valence-electron chi connectivity index (χ2n) is 6.22. The van der Waals surface area contributed by atoms with Crippen LogP contribution in [0.5, 0.6) is 17.2 Å². The Labute approximate surface area is 165 Å². The maximum absolute atomic E-state index is 6.08. The average Bonchev–Trinajstić information content (AvgIpc) is 3.01.